The van der Waals surface area contributed by atoms with Crippen LogP contribution in [0, 0.1) is 0 Å². The third-order valence-electron chi connectivity index (χ3n) is 3.14. The van der Waals surface area contributed by atoms with Gasteiger partial charge in [0.25, 0.3) is 0 Å². The molecule has 0 aliphatic heterocycles. The van der Waals surface area contributed by atoms with Gasteiger partial charge in [0.2, 0.25) is 0 Å². The van der Waals surface area contributed by atoms with E-state index >= 15 is 0 Å². The zero-order valence-corrected chi connectivity index (χ0v) is 13.2. The number of nitrogens with zero attached hydrogens (tertiary/aromatic N) is 1. The van der Waals surface area contributed by atoms with Gasteiger partial charge in [-0.3, -0.25) is 0 Å². The number of nitrogens with one attached hydrogen (secondary N) is 2. The molecule has 8 heteroatoms. The van der Waals surface area contributed by atoms with Gasteiger partial charge in [-0.2, -0.15) is 13.2 Å². The molecule has 1 atom stereocenters. The highest BCUT2D eigenvalue weighted by molar-refractivity contribution is 7.07. The molecular formula is C15H16F3N3OS. The van der Waals surface area contributed by atoms with Crippen LogP contribution in [0.4, 0.5) is 18.0 Å². The topological polar surface area (TPSA) is 54.0 Å². The van der Waals surface area contributed by atoms with Crippen molar-refractivity contribution < 1.29 is 18.0 Å². The molecule has 2 aromatic rings. The lowest BCUT2D eigenvalue weighted by Crippen LogP contribution is -2.41. The average molecular weight is 343 g/mol. The molecule has 0 saturated carbocycles. The number of carbonyl (C=O) groups excluding carboxylic acids is 1. The minimum Gasteiger partial charge on any atom is -0.335 e. The fraction of sp³-hybridized carbons (Fsp3) is 0.333. The lowest BCUT2D eigenvalue weighted by Gasteiger charge is -2.18. The van der Waals surface area contributed by atoms with Crippen molar-refractivity contribution in [3.05, 3.63) is 52.0 Å². The van der Waals surface area contributed by atoms with E-state index in [0.717, 1.165) is 11.8 Å². The maximum Gasteiger partial charge on any atom is 0.416 e. The molecule has 1 aromatic heterocycles. The predicted molar refractivity (Wildman–Crippen MR) is 82.1 cm³/mol. The second-order valence-electron chi connectivity index (χ2n) is 5.07. The minimum absolute atomic E-state index is 0.0970. The number of alkyl halides is 3. The van der Waals surface area contributed by atoms with Gasteiger partial charge in [0, 0.05) is 11.4 Å². The molecule has 0 aliphatic rings. The maximum absolute atomic E-state index is 12.9. The number of benzene rings is 1. The molecule has 2 amide bonds. The van der Waals surface area contributed by atoms with Gasteiger partial charge in [0.1, 0.15) is 0 Å². The predicted octanol–water partition coefficient (Wildman–Crippen LogP) is 3.59. The van der Waals surface area contributed by atoms with Gasteiger partial charge in [0.15, 0.2) is 0 Å². The van der Waals surface area contributed by atoms with Crippen molar-refractivity contribution in [2.75, 3.05) is 0 Å². The molecule has 1 unspecified atom stereocenters. The summed E-state index contributed by atoms with van der Waals surface area (Å²) in [6, 6.07) is 4.51. The summed E-state index contributed by atoms with van der Waals surface area (Å²) in [5.41, 5.74) is 1.88. The van der Waals surface area contributed by atoms with Gasteiger partial charge in [-0.15, -0.1) is 11.3 Å². The molecule has 0 aliphatic carbocycles. The van der Waals surface area contributed by atoms with Gasteiger partial charge in [-0.05, 0) is 25.0 Å². The second kappa shape index (κ2) is 7.45. The van der Waals surface area contributed by atoms with Crippen LogP contribution in [-0.4, -0.2) is 17.1 Å². The summed E-state index contributed by atoms with van der Waals surface area (Å²) in [6.45, 7) is 1.94. The molecule has 124 valence electrons. The quantitative estimate of drug-likeness (QED) is 0.872. The lowest BCUT2D eigenvalue weighted by atomic mass is 10.0. The molecule has 2 rings (SSSR count). The highest BCUT2D eigenvalue weighted by atomic mass is 32.1. The Kier molecular flexibility index (Phi) is 5.59. The largest absolute Gasteiger partial charge is 0.416 e. The monoisotopic (exact) mass is 343 g/mol. The highest BCUT2D eigenvalue weighted by Crippen LogP contribution is 2.32. The first-order chi connectivity index (χ1) is 10.9. The van der Waals surface area contributed by atoms with Crippen molar-refractivity contribution in [1.29, 1.82) is 0 Å². The maximum atomic E-state index is 12.9. The molecule has 0 spiro atoms. The first-order valence-electron chi connectivity index (χ1n) is 6.93. The fourth-order valence-corrected chi connectivity index (χ4v) is 2.68. The Balaban J connectivity index is 1.89. The fourth-order valence-electron chi connectivity index (χ4n) is 2.13. The third-order valence-corrected chi connectivity index (χ3v) is 3.78. The molecule has 0 fully saturated rings. The number of rotatable bonds is 5. The van der Waals surface area contributed by atoms with Crippen molar-refractivity contribution in [2.45, 2.75) is 32.1 Å². The molecule has 0 saturated heterocycles. The average Bonchev–Trinajstić information content (AvgIpc) is 2.97. The minimum atomic E-state index is -4.40. The molecule has 1 aromatic carbocycles. The van der Waals surface area contributed by atoms with Gasteiger partial charge in [0.05, 0.1) is 23.3 Å². The van der Waals surface area contributed by atoms with E-state index in [4.69, 9.17) is 0 Å². The van der Waals surface area contributed by atoms with Crippen LogP contribution in [0.2, 0.25) is 0 Å². The van der Waals surface area contributed by atoms with Crippen molar-refractivity contribution in [3.63, 3.8) is 0 Å². The molecule has 0 bridgehead atoms. The number of aromatic nitrogens is 1. The summed E-state index contributed by atoms with van der Waals surface area (Å²) in [6.07, 6.45) is -4.30. The summed E-state index contributed by atoms with van der Waals surface area (Å²) >= 11 is 1.42. The zero-order valence-electron chi connectivity index (χ0n) is 12.4. The van der Waals surface area contributed by atoms with Crippen LogP contribution >= 0.6 is 11.3 Å². The van der Waals surface area contributed by atoms with E-state index in [1.54, 1.807) is 18.5 Å². The standard InChI is InChI=1S/C15H16F3N3OS/c1-10(21-14(22)19-7-12-8-23-9-20-12)6-11-4-2-3-5-13(11)15(16,17)18/h2-5,8-10H,6-7H2,1H3,(H2,19,21,22). The second-order valence-corrected chi connectivity index (χ2v) is 5.79. The van der Waals surface area contributed by atoms with Crippen LogP contribution < -0.4 is 10.6 Å². The molecule has 1 heterocycles. The normalized spacial score (nSPS) is 12.7. The van der Waals surface area contributed by atoms with Crippen molar-refractivity contribution >= 4 is 17.4 Å². The summed E-state index contributed by atoms with van der Waals surface area (Å²) in [5, 5.41) is 7.06. The van der Waals surface area contributed by atoms with E-state index in [1.807, 2.05) is 5.38 Å². The van der Waals surface area contributed by atoms with E-state index in [-0.39, 0.29) is 18.5 Å². The summed E-state index contributed by atoms with van der Waals surface area (Å²) < 4.78 is 38.8. The number of urea groups is 1. The van der Waals surface area contributed by atoms with Crippen LogP contribution in [-0.2, 0) is 19.1 Å². The summed E-state index contributed by atoms with van der Waals surface area (Å²) in [7, 11) is 0. The van der Waals surface area contributed by atoms with Crippen molar-refractivity contribution in [1.82, 2.24) is 15.6 Å². The Morgan fingerprint density at radius 2 is 2.09 bits per heavy atom. The van der Waals surface area contributed by atoms with Gasteiger partial charge in [-0.1, -0.05) is 18.2 Å². The smallest absolute Gasteiger partial charge is 0.335 e. The Labute approximate surface area is 135 Å². The number of thiazole rings is 1. The van der Waals surface area contributed by atoms with Gasteiger partial charge < -0.3 is 10.6 Å². The number of hydrogen-bond acceptors (Lipinski definition) is 3. The van der Waals surface area contributed by atoms with E-state index in [9.17, 15) is 18.0 Å². The molecule has 0 radical (unpaired) electrons. The number of halogens is 3. The lowest BCUT2D eigenvalue weighted by molar-refractivity contribution is -0.138. The van der Waals surface area contributed by atoms with Gasteiger partial charge in [-0.25, -0.2) is 9.78 Å². The van der Waals surface area contributed by atoms with Crippen molar-refractivity contribution in [3.8, 4) is 0 Å². The van der Waals surface area contributed by atoms with Crippen LogP contribution in [0.25, 0.3) is 0 Å². The van der Waals surface area contributed by atoms with E-state index in [1.165, 1.54) is 23.5 Å². The number of carbonyl (C=O) groups is 1. The molecule has 23 heavy (non-hydrogen) atoms. The van der Waals surface area contributed by atoms with Crippen LogP contribution in [0.15, 0.2) is 35.2 Å². The SMILES string of the molecule is CC(Cc1ccccc1C(F)(F)F)NC(=O)NCc1cscn1. The zero-order chi connectivity index (χ0) is 16.9. The Hall–Kier alpha value is -2.09. The van der Waals surface area contributed by atoms with E-state index in [0.29, 0.717) is 0 Å². The molecule has 2 N–H and O–H groups in total. The van der Waals surface area contributed by atoms with E-state index < -0.39 is 23.8 Å². The van der Waals surface area contributed by atoms with Crippen LogP contribution in [0.3, 0.4) is 0 Å². The Morgan fingerprint density at radius 3 is 2.74 bits per heavy atom. The van der Waals surface area contributed by atoms with Gasteiger partial charge >= 0.3 is 12.2 Å². The highest BCUT2D eigenvalue weighted by Gasteiger charge is 2.33. The number of amides is 2. The molecular weight excluding hydrogens is 327 g/mol. The van der Waals surface area contributed by atoms with Crippen LogP contribution in [0.1, 0.15) is 23.7 Å². The third kappa shape index (κ3) is 5.24. The number of hydrogen-bond donors (Lipinski definition) is 2. The first kappa shape index (κ1) is 17.3. The van der Waals surface area contributed by atoms with E-state index in [2.05, 4.69) is 15.6 Å². The van der Waals surface area contributed by atoms with Crippen LogP contribution in [0.5, 0.6) is 0 Å². The van der Waals surface area contributed by atoms with Crippen molar-refractivity contribution in [2.24, 2.45) is 0 Å². The summed E-state index contributed by atoms with van der Waals surface area (Å²) in [5.74, 6) is 0. The summed E-state index contributed by atoms with van der Waals surface area (Å²) in [4.78, 5) is 15.8. The first-order valence-corrected chi connectivity index (χ1v) is 7.87. The Morgan fingerprint density at radius 1 is 1.35 bits per heavy atom. The Bertz CT molecular complexity index is 644. The molecule has 4 nitrogen and oxygen atoms in total.